The highest BCUT2D eigenvalue weighted by molar-refractivity contribution is 5.78. The molecule has 5 heteroatoms. The molecule has 3 rings (SSSR count). The summed E-state index contributed by atoms with van der Waals surface area (Å²) >= 11 is 0. The number of rotatable bonds is 4. The van der Waals surface area contributed by atoms with E-state index in [9.17, 15) is 4.79 Å². The molecular weight excluding hydrogens is 288 g/mol. The summed E-state index contributed by atoms with van der Waals surface area (Å²) in [5, 5.41) is 0. The van der Waals surface area contributed by atoms with Crippen molar-refractivity contribution in [2.45, 2.75) is 25.9 Å². The van der Waals surface area contributed by atoms with Gasteiger partial charge in [-0.1, -0.05) is 24.3 Å². The Labute approximate surface area is 137 Å². The van der Waals surface area contributed by atoms with Crippen molar-refractivity contribution in [2.75, 3.05) is 20.1 Å². The third-order valence-electron chi connectivity index (χ3n) is 4.58. The van der Waals surface area contributed by atoms with Crippen molar-refractivity contribution in [3.8, 4) is 0 Å². The predicted molar refractivity (Wildman–Crippen MR) is 88.6 cm³/mol. The van der Waals surface area contributed by atoms with Gasteiger partial charge in [-0.05, 0) is 30.5 Å². The Bertz CT molecular complexity index is 674. The summed E-state index contributed by atoms with van der Waals surface area (Å²) in [6.45, 7) is 4.21. The first-order chi connectivity index (χ1) is 11.1. The summed E-state index contributed by atoms with van der Waals surface area (Å²) < 4.78 is 0. The largest absolute Gasteiger partial charge is 0.336 e. The standard InChI is InChI=1S/C18H22N4O/c1-14(17-7-9-19-13-20-17)21(2)18(23)12-22-10-8-15-5-3-4-6-16(15)11-22/h3-7,9,13-14H,8,10-12H2,1-2H3/t14-/m0/s1. The van der Waals surface area contributed by atoms with Crippen LogP contribution in [0.2, 0.25) is 0 Å². The van der Waals surface area contributed by atoms with Crippen LogP contribution in [0.1, 0.15) is 29.8 Å². The number of likely N-dealkylation sites (N-methyl/N-ethyl adjacent to an activating group) is 1. The molecule has 0 unspecified atom stereocenters. The monoisotopic (exact) mass is 310 g/mol. The maximum atomic E-state index is 12.6. The van der Waals surface area contributed by atoms with E-state index in [0.717, 1.165) is 25.2 Å². The molecule has 1 aliphatic heterocycles. The molecule has 1 amide bonds. The molecule has 0 saturated carbocycles. The van der Waals surface area contributed by atoms with Crippen LogP contribution >= 0.6 is 0 Å². The van der Waals surface area contributed by atoms with Gasteiger partial charge in [0.15, 0.2) is 0 Å². The smallest absolute Gasteiger partial charge is 0.237 e. The van der Waals surface area contributed by atoms with Crippen molar-refractivity contribution in [1.29, 1.82) is 0 Å². The number of hydrogen-bond acceptors (Lipinski definition) is 4. The lowest BCUT2D eigenvalue weighted by atomic mass is 10.00. The SMILES string of the molecule is C[C@@H](c1ccncn1)N(C)C(=O)CN1CCc2ccccc2C1. The normalized spacial score (nSPS) is 15.7. The van der Waals surface area contributed by atoms with Crippen molar-refractivity contribution in [3.05, 3.63) is 59.7 Å². The fourth-order valence-corrected chi connectivity index (χ4v) is 2.95. The van der Waals surface area contributed by atoms with E-state index in [4.69, 9.17) is 0 Å². The molecule has 0 fully saturated rings. The van der Waals surface area contributed by atoms with Gasteiger partial charge in [0.2, 0.25) is 5.91 Å². The van der Waals surface area contributed by atoms with Crippen LogP contribution in [0.3, 0.4) is 0 Å². The Kier molecular flexibility index (Phi) is 4.67. The van der Waals surface area contributed by atoms with Gasteiger partial charge in [-0.3, -0.25) is 9.69 Å². The van der Waals surface area contributed by atoms with Crippen molar-refractivity contribution in [1.82, 2.24) is 19.8 Å². The van der Waals surface area contributed by atoms with Crippen LogP contribution in [0.15, 0.2) is 42.9 Å². The van der Waals surface area contributed by atoms with Crippen LogP contribution in [-0.2, 0) is 17.8 Å². The molecular formula is C18H22N4O. The molecule has 1 atom stereocenters. The van der Waals surface area contributed by atoms with Crippen molar-refractivity contribution >= 4 is 5.91 Å². The van der Waals surface area contributed by atoms with E-state index in [0.29, 0.717) is 6.54 Å². The highest BCUT2D eigenvalue weighted by atomic mass is 16.2. The maximum Gasteiger partial charge on any atom is 0.237 e. The maximum absolute atomic E-state index is 12.6. The predicted octanol–water partition coefficient (Wildman–Crippen LogP) is 2.05. The number of carbonyl (C=O) groups excluding carboxylic acids is 1. The van der Waals surface area contributed by atoms with Crippen LogP contribution in [0.25, 0.3) is 0 Å². The van der Waals surface area contributed by atoms with Gasteiger partial charge in [-0.25, -0.2) is 9.97 Å². The van der Waals surface area contributed by atoms with Crippen LogP contribution in [-0.4, -0.2) is 45.8 Å². The van der Waals surface area contributed by atoms with Gasteiger partial charge < -0.3 is 4.90 Å². The average molecular weight is 310 g/mol. The first-order valence-corrected chi connectivity index (χ1v) is 7.96. The van der Waals surface area contributed by atoms with Crippen LogP contribution < -0.4 is 0 Å². The third kappa shape index (κ3) is 3.56. The Hall–Kier alpha value is -2.27. The second kappa shape index (κ2) is 6.87. The topological polar surface area (TPSA) is 49.3 Å². The zero-order valence-corrected chi connectivity index (χ0v) is 13.6. The van der Waals surface area contributed by atoms with Crippen molar-refractivity contribution < 1.29 is 4.79 Å². The quantitative estimate of drug-likeness (QED) is 0.867. The molecule has 1 aliphatic rings. The molecule has 0 spiro atoms. The van der Waals surface area contributed by atoms with E-state index in [2.05, 4.69) is 39.1 Å². The Morgan fingerprint density at radius 2 is 2.09 bits per heavy atom. The second-order valence-electron chi connectivity index (χ2n) is 6.04. The summed E-state index contributed by atoms with van der Waals surface area (Å²) in [6, 6.07) is 10.3. The summed E-state index contributed by atoms with van der Waals surface area (Å²) in [7, 11) is 1.84. The van der Waals surface area contributed by atoms with Gasteiger partial charge in [0, 0.05) is 26.3 Å². The zero-order valence-electron chi connectivity index (χ0n) is 13.6. The van der Waals surface area contributed by atoms with E-state index in [-0.39, 0.29) is 11.9 Å². The molecule has 120 valence electrons. The number of fused-ring (bicyclic) bond motifs is 1. The molecule has 0 radical (unpaired) electrons. The van der Waals surface area contributed by atoms with Crippen molar-refractivity contribution in [2.24, 2.45) is 0 Å². The summed E-state index contributed by atoms with van der Waals surface area (Å²) in [5.74, 6) is 0.121. The highest BCUT2D eigenvalue weighted by Crippen LogP contribution is 2.20. The minimum Gasteiger partial charge on any atom is -0.336 e. The van der Waals surface area contributed by atoms with E-state index in [1.54, 1.807) is 11.1 Å². The lowest BCUT2D eigenvalue weighted by molar-refractivity contribution is -0.133. The minimum atomic E-state index is -0.0532. The van der Waals surface area contributed by atoms with E-state index >= 15 is 0 Å². The number of benzene rings is 1. The number of hydrogen-bond donors (Lipinski definition) is 0. The fourth-order valence-electron chi connectivity index (χ4n) is 2.95. The van der Waals surface area contributed by atoms with Gasteiger partial charge >= 0.3 is 0 Å². The summed E-state index contributed by atoms with van der Waals surface area (Å²) in [6.07, 6.45) is 4.24. The highest BCUT2D eigenvalue weighted by Gasteiger charge is 2.23. The molecule has 1 aromatic carbocycles. The molecule has 5 nitrogen and oxygen atoms in total. The lowest BCUT2D eigenvalue weighted by Crippen LogP contribution is -2.41. The van der Waals surface area contributed by atoms with Crippen LogP contribution in [0, 0.1) is 0 Å². The molecule has 0 bridgehead atoms. The van der Waals surface area contributed by atoms with Gasteiger partial charge in [-0.15, -0.1) is 0 Å². The van der Waals surface area contributed by atoms with Gasteiger partial charge in [0.25, 0.3) is 0 Å². The average Bonchev–Trinajstić information content (AvgIpc) is 2.61. The Morgan fingerprint density at radius 3 is 2.83 bits per heavy atom. The van der Waals surface area contributed by atoms with E-state index in [1.807, 2.05) is 20.0 Å². The van der Waals surface area contributed by atoms with Gasteiger partial charge in [0.1, 0.15) is 6.33 Å². The Balaban J connectivity index is 1.61. The van der Waals surface area contributed by atoms with E-state index < -0.39 is 0 Å². The van der Waals surface area contributed by atoms with Gasteiger partial charge in [0.05, 0.1) is 18.3 Å². The van der Waals surface area contributed by atoms with E-state index in [1.165, 1.54) is 17.5 Å². The number of carbonyl (C=O) groups is 1. The molecule has 2 heterocycles. The fraction of sp³-hybridized carbons (Fsp3) is 0.389. The minimum absolute atomic E-state index is 0.0532. The molecule has 0 saturated heterocycles. The second-order valence-corrected chi connectivity index (χ2v) is 6.04. The lowest BCUT2D eigenvalue weighted by Gasteiger charge is -2.31. The Morgan fingerprint density at radius 1 is 1.30 bits per heavy atom. The zero-order chi connectivity index (χ0) is 16.2. The van der Waals surface area contributed by atoms with Gasteiger partial charge in [-0.2, -0.15) is 0 Å². The number of amides is 1. The molecule has 1 aromatic heterocycles. The third-order valence-corrected chi connectivity index (χ3v) is 4.58. The molecule has 0 N–H and O–H groups in total. The molecule has 2 aromatic rings. The van der Waals surface area contributed by atoms with Crippen LogP contribution in [0.4, 0.5) is 0 Å². The molecule has 23 heavy (non-hydrogen) atoms. The first kappa shape index (κ1) is 15.6. The number of aromatic nitrogens is 2. The first-order valence-electron chi connectivity index (χ1n) is 7.96. The summed E-state index contributed by atoms with van der Waals surface area (Å²) in [4.78, 5) is 24.7. The summed E-state index contributed by atoms with van der Waals surface area (Å²) in [5.41, 5.74) is 3.59. The number of nitrogens with zero attached hydrogens (tertiary/aromatic N) is 4. The van der Waals surface area contributed by atoms with Crippen LogP contribution in [0.5, 0.6) is 0 Å². The molecule has 0 aliphatic carbocycles. The van der Waals surface area contributed by atoms with Crippen molar-refractivity contribution in [3.63, 3.8) is 0 Å².